The average molecular weight is 376 g/mol. The second-order valence-electron chi connectivity index (χ2n) is 6.42. The van der Waals surface area contributed by atoms with Crippen LogP contribution >= 0.6 is 15.9 Å². The van der Waals surface area contributed by atoms with Crippen LogP contribution in [0.3, 0.4) is 0 Å². The Kier molecular flexibility index (Phi) is 3.54. The highest BCUT2D eigenvalue weighted by Gasteiger charge is 2.39. The topological polar surface area (TPSA) is 67.2 Å². The van der Waals surface area contributed by atoms with Crippen LogP contribution in [0, 0.1) is 0 Å². The van der Waals surface area contributed by atoms with Crippen molar-refractivity contribution in [3.8, 4) is 0 Å². The summed E-state index contributed by atoms with van der Waals surface area (Å²) in [4.78, 5) is 12.6. The minimum Gasteiger partial charge on any atom is -0.380 e. The van der Waals surface area contributed by atoms with Crippen molar-refractivity contribution in [2.75, 3.05) is 5.32 Å². The van der Waals surface area contributed by atoms with Crippen molar-refractivity contribution < 1.29 is 9.90 Å². The molecule has 1 aromatic carbocycles. The summed E-state index contributed by atoms with van der Waals surface area (Å²) in [6.45, 7) is 0.901. The molecule has 1 amide bonds. The van der Waals surface area contributed by atoms with E-state index in [-0.39, 0.29) is 5.91 Å². The van der Waals surface area contributed by atoms with E-state index in [0.717, 1.165) is 35.1 Å². The third-order valence-corrected chi connectivity index (χ3v) is 5.28. The molecule has 1 atom stereocenters. The predicted octanol–water partition coefficient (Wildman–Crippen LogP) is 2.45. The Morgan fingerprint density at radius 3 is 3.00 bits per heavy atom. The van der Waals surface area contributed by atoms with Gasteiger partial charge in [0.15, 0.2) is 5.82 Å². The lowest BCUT2D eigenvalue weighted by atomic mass is 9.80. The van der Waals surface area contributed by atoms with Gasteiger partial charge in [0, 0.05) is 29.2 Å². The van der Waals surface area contributed by atoms with Crippen molar-refractivity contribution in [2.24, 2.45) is 0 Å². The number of hydrogen-bond donors (Lipinski definition) is 2. The lowest BCUT2D eigenvalue weighted by Crippen LogP contribution is -2.47. The Morgan fingerprint density at radius 2 is 2.17 bits per heavy atom. The van der Waals surface area contributed by atoms with E-state index in [2.05, 4.69) is 32.4 Å². The van der Waals surface area contributed by atoms with Gasteiger partial charge in [-0.15, -0.1) is 0 Å². The van der Waals surface area contributed by atoms with Crippen LogP contribution in [-0.4, -0.2) is 26.4 Å². The van der Waals surface area contributed by atoms with Gasteiger partial charge in [0.05, 0.1) is 0 Å². The van der Waals surface area contributed by atoms with E-state index in [1.54, 1.807) is 0 Å². The molecule has 0 spiro atoms. The van der Waals surface area contributed by atoms with Gasteiger partial charge >= 0.3 is 0 Å². The van der Waals surface area contributed by atoms with Crippen molar-refractivity contribution in [1.82, 2.24) is 9.78 Å². The third-order valence-electron chi connectivity index (χ3n) is 4.79. The number of anilines is 1. The molecule has 1 aromatic heterocycles. The number of aromatic nitrogens is 2. The monoisotopic (exact) mass is 375 g/mol. The van der Waals surface area contributed by atoms with Crippen LogP contribution in [0.5, 0.6) is 0 Å². The molecule has 1 unspecified atom stereocenters. The number of hydrogen-bond acceptors (Lipinski definition) is 3. The van der Waals surface area contributed by atoms with Crippen LogP contribution in [0.4, 0.5) is 5.82 Å². The van der Waals surface area contributed by atoms with E-state index in [1.165, 1.54) is 5.56 Å². The largest absolute Gasteiger partial charge is 0.380 e. The van der Waals surface area contributed by atoms with Gasteiger partial charge < -0.3 is 10.4 Å². The molecule has 0 bridgehead atoms. The Hall–Kier alpha value is -1.66. The number of amides is 1. The molecule has 2 N–H and O–H groups in total. The number of aliphatic hydroxyl groups is 1. The highest BCUT2D eigenvalue weighted by Crippen LogP contribution is 2.31. The quantitative estimate of drug-likeness (QED) is 0.846. The number of carbonyl (C=O) groups is 1. The molecule has 1 aliphatic carbocycles. The Bertz CT molecular complexity index is 765. The average Bonchev–Trinajstić information content (AvgIpc) is 3.09. The first kappa shape index (κ1) is 14.9. The molecule has 0 saturated carbocycles. The highest BCUT2D eigenvalue weighted by molar-refractivity contribution is 9.10. The minimum atomic E-state index is -1.37. The number of fused-ring (bicyclic) bond motifs is 2. The molecule has 0 saturated heterocycles. The summed E-state index contributed by atoms with van der Waals surface area (Å²) in [6, 6.07) is 7.89. The number of rotatable bonds is 2. The van der Waals surface area contributed by atoms with Gasteiger partial charge in [-0.2, -0.15) is 5.10 Å². The summed E-state index contributed by atoms with van der Waals surface area (Å²) in [5.74, 6) is 0.183. The lowest BCUT2D eigenvalue weighted by Gasteiger charge is -2.32. The fraction of sp³-hybridized carbons (Fsp3) is 0.412. The zero-order valence-corrected chi connectivity index (χ0v) is 14.3. The van der Waals surface area contributed by atoms with E-state index < -0.39 is 5.60 Å². The third kappa shape index (κ3) is 2.70. The first-order chi connectivity index (χ1) is 11.0. The number of aryl methyl sites for hydroxylation is 3. The minimum absolute atomic E-state index is 0.342. The van der Waals surface area contributed by atoms with Gasteiger partial charge in [-0.3, -0.25) is 9.48 Å². The Labute approximate surface area is 142 Å². The molecule has 4 rings (SSSR count). The molecule has 23 heavy (non-hydrogen) atoms. The van der Waals surface area contributed by atoms with Gasteiger partial charge in [0.2, 0.25) is 0 Å². The number of nitrogens with zero attached hydrogens (tertiary/aromatic N) is 2. The van der Waals surface area contributed by atoms with Crippen molar-refractivity contribution in [1.29, 1.82) is 0 Å². The lowest BCUT2D eigenvalue weighted by molar-refractivity contribution is -0.135. The summed E-state index contributed by atoms with van der Waals surface area (Å²) in [5.41, 5.74) is 2.00. The van der Waals surface area contributed by atoms with Crippen LogP contribution in [0.25, 0.3) is 0 Å². The van der Waals surface area contributed by atoms with Gasteiger partial charge in [0.1, 0.15) is 5.60 Å². The summed E-state index contributed by atoms with van der Waals surface area (Å²) >= 11 is 3.46. The zero-order valence-electron chi connectivity index (χ0n) is 12.7. The zero-order chi connectivity index (χ0) is 16.0. The van der Waals surface area contributed by atoms with Crippen LogP contribution in [0.15, 0.2) is 28.7 Å². The fourth-order valence-corrected chi connectivity index (χ4v) is 3.90. The Balaban J connectivity index is 1.52. The summed E-state index contributed by atoms with van der Waals surface area (Å²) in [7, 11) is 0. The molecule has 2 aromatic rings. The molecular formula is C17H18BrN3O2. The fourth-order valence-electron chi connectivity index (χ4n) is 3.49. The summed E-state index contributed by atoms with van der Waals surface area (Å²) in [5, 5.41) is 18.0. The second-order valence-corrected chi connectivity index (χ2v) is 7.34. The molecule has 0 fully saturated rings. The van der Waals surface area contributed by atoms with Crippen LogP contribution in [-0.2, 0) is 30.6 Å². The van der Waals surface area contributed by atoms with Gasteiger partial charge in [-0.25, -0.2) is 0 Å². The maximum Gasteiger partial charge on any atom is 0.257 e. The number of carbonyl (C=O) groups excluding carboxylic acids is 1. The number of nitrogens with one attached hydrogen (secondary N) is 1. The van der Waals surface area contributed by atoms with Crippen LogP contribution in [0.1, 0.15) is 29.7 Å². The van der Waals surface area contributed by atoms with E-state index >= 15 is 0 Å². The van der Waals surface area contributed by atoms with E-state index in [9.17, 15) is 9.90 Å². The highest BCUT2D eigenvalue weighted by atomic mass is 79.9. The molecule has 1 aliphatic heterocycles. The molecule has 5 nitrogen and oxygen atoms in total. The molecule has 0 radical (unpaired) electrons. The molecule has 2 aliphatic rings. The first-order valence-corrected chi connectivity index (χ1v) is 8.71. The molecule has 120 valence electrons. The summed E-state index contributed by atoms with van der Waals surface area (Å²) in [6.07, 6.45) is 3.56. The van der Waals surface area contributed by atoms with E-state index in [4.69, 9.17) is 0 Å². The Morgan fingerprint density at radius 1 is 1.30 bits per heavy atom. The summed E-state index contributed by atoms with van der Waals surface area (Å²) < 4.78 is 2.95. The standard InChI is InChI=1S/C17H18BrN3O2/c18-13-4-3-12-10-17(23,6-5-11(12)8-13)16(22)19-15-9-14-2-1-7-21(14)20-15/h3-4,8-9,23H,1-2,5-7,10H2,(H,19,20,22). The predicted molar refractivity (Wildman–Crippen MR) is 90.3 cm³/mol. The van der Waals surface area contributed by atoms with E-state index in [1.807, 2.05) is 22.9 Å². The van der Waals surface area contributed by atoms with Crippen molar-refractivity contribution in [3.05, 3.63) is 45.6 Å². The molecular weight excluding hydrogens is 358 g/mol. The van der Waals surface area contributed by atoms with Gasteiger partial charge in [-0.1, -0.05) is 22.0 Å². The number of halogens is 1. The smallest absolute Gasteiger partial charge is 0.257 e. The van der Waals surface area contributed by atoms with Crippen LogP contribution in [0.2, 0.25) is 0 Å². The second kappa shape index (κ2) is 5.46. The van der Waals surface area contributed by atoms with Gasteiger partial charge in [0.25, 0.3) is 5.91 Å². The SMILES string of the molecule is O=C(Nc1cc2n(n1)CCC2)C1(O)CCc2cc(Br)ccc2C1. The first-order valence-electron chi connectivity index (χ1n) is 7.91. The van der Waals surface area contributed by atoms with Gasteiger partial charge in [-0.05, 0) is 48.9 Å². The maximum atomic E-state index is 12.6. The molecule has 2 heterocycles. The number of benzene rings is 1. The van der Waals surface area contributed by atoms with Crippen molar-refractivity contribution in [3.63, 3.8) is 0 Å². The van der Waals surface area contributed by atoms with Crippen molar-refractivity contribution in [2.45, 2.75) is 44.2 Å². The van der Waals surface area contributed by atoms with Crippen molar-refractivity contribution >= 4 is 27.7 Å². The van der Waals surface area contributed by atoms with E-state index in [0.29, 0.717) is 25.1 Å². The van der Waals surface area contributed by atoms with Crippen LogP contribution < -0.4 is 5.32 Å². The normalized spacial score (nSPS) is 22.5. The molecule has 6 heteroatoms. The maximum absolute atomic E-state index is 12.6.